The van der Waals surface area contributed by atoms with E-state index >= 15 is 0 Å². The minimum Gasteiger partial charge on any atom is -0.493 e. The molecule has 0 unspecified atom stereocenters. The van der Waals surface area contributed by atoms with Gasteiger partial charge < -0.3 is 14.2 Å². The van der Waals surface area contributed by atoms with Gasteiger partial charge in [0.05, 0.1) is 20.8 Å². The van der Waals surface area contributed by atoms with Gasteiger partial charge in [0.1, 0.15) is 0 Å². The Bertz CT molecular complexity index is 424. The molecule has 4 nitrogen and oxygen atoms in total. The van der Waals surface area contributed by atoms with Crippen LogP contribution in [0.15, 0.2) is 24.3 Å². The number of hydrogen-bond donors (Lipinski definition) is 0. The lowest BCUT2D eigenvalue weighted by molar-refractivity contribution is -0.137. The predicted molar refractivity (Wildman–Crippen MR) is 69.8 cm³/mol. The number of carbonyl (C=O) groups is 1. The van der Waals surface area contributed by atoms with E-state index in [4.69, 9.17) is 14.2 Å². The van der Waals surface area contributed by atoms with Crippen molar-refractivity contribution in [2.45, 2.75) is 13.3 Å². The normalized spacial score (nSPS) is 10.4. The third-order valence-electron chi connectivity index (χ3n) is 2.27. The summed E-state index contributed by atoms with van der Waals surface area (Å²) in [6, 6.07) is 5.42. The van der Waals surface area contributed by atoms with Gasteiger partial charge in [0.25, 0.3) is 0 Å². The molecule has 0 radical (unpaired) electrons. The van der Waals surface area contributed by atoms with Crippen LogP contribution in [0.5, 0.6) is 11.5 Å². The molecule has 0 aliphatic carbocycles. The second kappa shape index (κ2) is 7.37. The van der Waals surface area contributed by atoms with E-state index in [1.807, 2.05) is 13.0 Å². The van der Waals surface area contributed by atoms with Gasteiger partial charge >= 0.3 is 5.97 Å². The smallest absolute Gasteiger partial charge is 0.330 e. The van der Waals surface area contributed by atoms with Crippen LogP contribution >= 0.6 is 0 Å². The largest absolute Gasteiger partial charge is 0.493 e. The van der Waals surface area contributed by atoms with Gasteiger partial charge in [-0.3, -0.25) is 0 Å². The molecule has 0 spiro atoms. The van der Waals surface area contributed by atoms with E-state index in [0.29, 0.717) is 18.1 Å². The van der Waals surface area contributed by atoms with Crippen molar-refractivity contribution in [1.29, 1.82) is 0 Å². The van der Waals surface area contributed by atoms with Gasteiger partial charge in [0.15, 0.2) is 11.5 Å². The van der Waals surface area contributed by atoms with E-state index in [-0.39, 0.29) is 5.97 Å². The third kappa shape index (κ3) is 4.13. The number of carbonyl (C=O) groups excluding carboxylic acids is 1. The Morgan fingerprint density at radius 1 is 1.22 bits per heavy atom. The molecule has 0 aliphatic rings. The number of benzene rings is 1. The molecule has 0 saturated heterocycles. The topological polar surface area (TPSA) is 44.8 Å². The Morgan fingerprint density at radius 2 is 1.94 bits per heavy atom. The first-order valence-electron chi connectivity index (χ1n) is 5.78. The van der Waals surface area contributed by atoms with Gasteiger partial charge in [-0.25, -0.2) is 4.79 Å². The van der Waals surface area contributed by atoms with Crippen LogP contribution in [0, 0.1) is 0 Å². The third-order valence-corrected chi connectivity index (χ3v) is 2.27. The van der Waals surface area contributed by atoms with Crippen LogP contribution in [0.1, 0.15) is 18.9 Å². The first-order chi connectivity index (χ1) is 8.71. The lowest BCUT2D eigenvalue weighted by Crippen LogP contribution is -2.00. The van der Waals surface area contributed by atoms with Crippen molar-refractivity contribution in [3.63, 3.8) is 0 Å². The molecule has 1 aromatic carbocycles. The van der Waals surface area contributed by atoms with Crippen LogP contribution in [-0.2, 0) is 9.53 Å². The molecule has 0 aromatic heterocycles. The molecule has 0 atom stereocenters. The summed E-state index contributed by atoms with van der Waals surface area (Å²) < 4.78 is 15.2. The maximum absolute atomic E-state index is 11.3. The average molecular weight is 250 g/mol. The number of methoxy groups -OCH3 is 2. The average Bonchev–Trinajstić information content (AvgIpc) is 2.42. The molecule has 0 amide bonds. The van der Waals surface area contributed by atoms with Crippen molar-refractivity contribution in [2.24, 2.45) is 0 Å². The highest BCUT2D eigenvalue weighted by Gasteiger charge is 2.03. The predicted octanol–water partition coefficient (Wildman–Crippen LogP) is 2.67. The van der Waals surface area contributed by atoms with Gasteiger partial charge in [-0.15, -0.1) is 0 Å². The molecule has 0 fully saturated rings. The Balaban J connectivity index is 2.73. The summed E-state index contributed by atoms with van der Waals surface area (Å²) in [5, 5.41) is 0. The van der Waals surface area contributed by atoms with Crippen LogP contribution < -0.4 is 9.47 Å². The molecular weight excluding hydrogens is 232 g/mol. The fourth-order valence-electron chi connectivity index (χ4n) is 1.37. The van der Waals surface area contributed by atoms with E-state index in [2.05, 4.69) is 0 Å². The first-order valence-corrected chi connectivity index (χ1v) is 5.78. The lowest BCUT2D eigenvalue weighted by Gasteiger charge is -2.07. The van der Waals surface area contributed by atoms with E-state index in [1.165, 1.54) is 6.08 Å². The van der Waals surface area contributed by atoms with E-state index in [9.17, 15) is 4.79 Å². The summed E-state index contributed by atoms with van der Waals surface area (Å²) in [5.74, 6) is 0.941. The van der Waals surface area contributed by atoms with Gasteiger partial charge in [-0.05, 0) is 30.2 Å². The molecule has 0 aliphatic heterocycles. The van der Waals surface area contributed by atoms with Gasteiger partial charge in [-0.1, -0.05) is 13.0 Å². The Labute approximate surface area is 107 Å². The van der Waals surface area contributed by atoms with Crippen LogP contribution in [0.2, 0.25) is 0 Å². The SMILES string of the molecule is CCCOC(=O)/C=C/c1ccc(OC)c(OC)c1. The molecular formula is C14H18O4. The number of rotatable bonds is 6. The summed E-state index contributed by atoms with van der Waals surface area (Å²) >= 11 is 0. The maximum Gasteiger partial charge on any atom is 0.330 e. The summed E-state index contributed by atoms with van der Waals surface area (Å²) in [4.78, 5) is 11.3. The van der Waals surface area contributed by atoms with Gasteiger partial charge in [-0.2, -0.15) is 0 Å². The molecule has 98 valence electrons. The van der Waals surface area contributed by atoms with Crippen molar-refractivity contribution in [3.05, 3.63) is 29.8 Å². The zero-order chi connectivity index (χ0) is 13.4. The molecule has 4 heteroatoms. The molecule has 1 rings (SSSR count). The minimum atomic E-state index is -0.341. The number of hydrogen-bond acceptors (Lipinski definition) is 4. The number of esters is 1. The fourth-order valence-corrected chi connectivity index (χ4v) is 1.37. The molecule has 18 heavy (non-hydrogen) atoms. The Hall–Kier alpha value is -1.97. The van der Waals surface area contributed by atoms with Crippen LogP contribution in [0.25, 0.3) is 6.08 Å². The second-order valence-corrected chi connectivity index (χ2v) is 3.62. The van der Waals surface area contributed by atoms with Crippen molar-refractivity contribution >= 4 is 12.0 Å². The minimum absolute atomic E-state index is 0.341. The second-order valence-electron chi connectivity index (χ2n) is 3.62. The summed E-state index contributed by atoms with van der Waals surface area (Å²) in [7, 11) is 3.15. The Kier molecular flexibility index (Phi) is 5.77. The van der Waals surface area contributed by atoms with Crippen LogP contribution in [-0.4, -0.2) is 26.8 Å². The molecule has 0 saturated carbocycles. The molecule has 0 bridgehead atoms. The van der Waals surface area contributed by atoms with Crippen molar-refractivity contribution in [1.82, 2.24) is 0 Å². The lowest BCUT2D eigenvalue weighted by atomic mass is 10.2. The Morgan fingerprint density at radius 3 is 2.56 bits per heavy atom. The van der Waals surface area contributed by atoms with E-state index < -0.39 is 0 Å². The van der Waals surface area contributed by atoms with E-state index in [1.54, 1.807) is 32.4 Å². The fraction of sp³-hybridized carbons (Fsp3) is 0.357. The highest BCUT2D eigenvalue weighted by Crippen LogP contribution is 2.27. The molecule has 0 N–H and O–H groups in total. The monoisotopic (exact) mass is 250 g/mol. The quantitative estimate of drug-likeness (QED) is 0.575. The maximum atomic E-state index is 11.3. The van der Waals surface area contributed by atoms with Gasteiger partial charge in [0, 0.05) is 6.08 Å². The van der Waals surface area contributed by atoms with Crippen molar-refractivity contribution < 1.29 is 19.0 Å². The van der Waals surface area contributed by atoms with E-state index in [0.717, 1.165) is 12.0 Å². The zero-order valence-electron chi connectivity index (χ0n) is 10.9. The van der Waals surface area contributed by atoms with Crippen molar-refractivity contribution in [3.8, 4) is 11.5 Å². The molecule has 1 aromatic rings. The van der Waals surface area contributed by atoms with Crippen LogP contribution in [0.3, 0.4) is 0 Å². The first kappa shape index (κ1) is 14.1. The standard InChI is InChI=1S/C14H18O4/c1-4-9-18-14(15)8-6-11-5-7-12(16-2)13(10-11)17-3/h5-8,10H,4,9H2,1-3H3/b8-6+. The van der Waals surface area contributed by atoms with Crippen molar-refractivity contribution in [2.75, 3.05) is 20.8 Å². The summed E-state index contributed by atoms with van der Waals surface area (Å²) in [6.45, 7) is 2.39. The van der Waals surface area contributed by atoms with Crippen LogP contribution in [0.4, 0.5) is 0 Å². The zero-order valence-corrected chi connectivity index (χ0v) is 10.9. The molecule has 0 heterocycles. The number of ether oxygens (including phenoxy) is 3. The highest BCUT2D eigenvalue weighted by atomic mass is 16.5. The highest BCUT2D eigenvalue weighted by molar-refractivity contribution is 5.87. The van der Waals surface area contributed by atoms with Gasteiger partial charge in [0.2, 0.25) is 0 Å². The summed E-state index contributed by atoms with van der Waals surface area (Å²) in [5.41, 5.74) is 0.848. The summed E-state index contributed by atoms with van der Waals surface area (Å²) in [6.07, 6.45) is 3.90.